The molecule has 4 aliphatic carbocycles. The van der Waals surface area contributed by atoms with Gasteiger partial charge >= 0.3 is 0 Å². The number of aromatic nitrogens is 2. The van der Waals surface area contributed by atoms with Crippen LogP contribution in [-0.2, 0) is 12.0 Å². The first-order valence-electron chi connectivity index (χ1n) is 7.61. The largest absolute Gasteiger partial charge is 0.263 e. The Hall–Kier alpha value is -1.30. The summed E-state index contributed by atoms with van der Waals surface area (Å²) in [6.07, 6.45) is 10.8. The molecule has 0 aromatic carbocycles. The summed E-state index contributed by atoms with van der Waals surface area (Å²) in [7, 11) is 0. The molecule has 0 spiro atoms. The Kier molecular flexibility index (Phi) is 2.33. The highest BCUT2D eigenvalue weighted by molar-refractivity contribution is 5.22. The van der Waals surface area contributed by atoms with E-state index >= 15 is 0 Å². The van der Waals surface area contributed by atoms with Gasteiger partial charge in [-0.15, -0.1) is 0 Å². The molecule has 1 aromatic rings. The number of hydrogen-bond acceptors (Lipinski definition) is 2. The smallest absolute Gasteiger partial charge is 0.0671 e. The Balaban J connectivity index is 1.74. The van der Waals surface area contributed by atoms with Gasteiger partial charge in [-0.3, -0.25) is 4.68 Å². The van der Waals surface area contributed by atoms with Gasteiger partial charge in [0.25, 0.3) is 0 Å². The minimum absolute atomic E-state index is 0.298. The van der Waals surface area contributed by atoms with Crippen LogP contribution in [0.25, 0.3) is 0 Å². The molecular weight excluding hydrogens is 234 g/mol. The van der Waals surface area contributed by atoms with Crippen molar-refractivity contribution in [1.82, 2.24) is 9.78 Å². The van der Waals surface area contributed by atoms with Crippen molar-refractivity contribution >= 4 is 0 Å². The van der Waals surface area contributed by atoms with Crippen molar-refractivity contribution in [3.8, 4) is 6.07 Å². The predicted octanol–water partition coefficient (Wildman–Crippen LogP) is 3.18. The van der Waals surface area contributed by atoms with Crippen molar-refractivity contribution in [2.24, 2.45) is 17.8 Å². The van der Waals surface area contributed by atoms with Crippen LogP contribution in [0.1, 0.15) is 49.8 Å². The van der Waals surface area contributed by atoms with Crippen molar-refractivity contribution in [2.45, 2.75) is 57.4 Å². The van der Waals surface area contributed by atoms with Gasteiger partial charge in [0, 0.05) is 11.3 Å². The summed E-state index contributed by atoms with van der Waals surface area (Å²) in [6, 6.07) is 2.26. The van der Waals surface area contributed by atoms with Gasteiger partial charge in [0.15, 0.2) is 0 Å². The molecule has 5 rings (SSSR count). The van der Waals surface area contributed by atoms with Crippen LogP contribution in [0.2, 0.25) is 0 Å². The van der Waals surface area contributed by atoms with Crippen LogP contribution < -0.4 is 0 Å². The zero-order valence-corrected chi connectivity index (χ0v) is 11.6. The van der Waals surface area contributed by atoms with E-state index in [0.717, 1.165) is 23.3 Å². The molecule has 0 unspecified atom stereocenters. The van der Waals surface area contributed by atoms with Crippen molar-refractivity contribution in [1.29, 1.82) is 5.26 Å². The first-order chi connectivity index (χ1) is 9.20. The fourth-order valence-electron chi connectivity index (χ4n) is 5.50. The first-order valence-corrected chi connectivity index (χ1v) is 7.61. The third-order valence-corrected chi connectivity index (χ3v) is 5.84. The summed E-state index contributed by atoms with van der Waals surface area (Å²) in [5, 5.41) is 13.6. The maximum atomic E-state index is 8.90. The van der Waals surface area contributed by atoms with E-state index in [4.69, 9.17) is 5.26 Å². The van der Waals surface area contributed by atoms with Gasteiger partial charge in [0.05, 0.1) is 24.2 Å². The summed E-state index contributed by atoms with van der Waals surface area (Å²) in [6.45, 7) is 2.15. The highest BCUT2D eigenvalue weighted by Gasteiger charge is 2.52. The quantitative estimate of drug-likeness (QED) is 0.814. The van der Waals surface area contributed by atoms with E-state index in [2.05, 4.69) is 22.8 Å². The molecular formula is C16H21N3. The van der Waals surface area contributed by atoms with Crippen LogP contribution >= 0.6 is 0 Å². The highest BCUT2D eigenvalue weighted by Crippen LogP contribution is 2.58. The summed E-state index contributed by atoms with van der Waals surface area (Å²) in [4.78, 5) is 0. The zero-order chi connectivity index (χ0) is 13.0. The predicted molar refractivity (Wildman–Crippen MR) is 72.4 cm³/mol. The van der Waals surface area contributed by atoms with Crippen LogP contribution in [0, 0.1) is 36.0 Å². The fourth-order valence-corrected chi connectivity index (χ4v) is 5.50. The SMILES string of the molecule is Cc1c(CC#N)cnn1C12CC3CC(CC(C3)C1)C2. The maximum Gasteiger partial charge on any atom is 0.0671 e. The molecule has 0 aliphatic heterocycles. The standard InChI is InChI=1S/C16H21N3/c1-11-15(2-3-17)10-18-19(11)16-7-12-4-13(8-16)6-14(5-12)9-16/h10,12-14H,2,4-9H2,1H3. The molecule has 0 radical (unpaired) electrons. The van der Waals surface area contributed by atoms with Gasteiger partial charge in [-0.1, -0.05) is 0 Å². The van der Waals surface area contributed by atoms with E-state index in [-0.39, 0.29) is 0 Å². The number of nitriles is 1. The summed E-state index contributed by atoms with van der Waals surface area (Å²) < 4.78 is 2.31. The van der Waals surface area contributed by atoms with Gasteiger partial charge in [0.1, 0.15) is 0 Å². The van der Waals surface area contributed by atoms with Crippen LogP contribution in [0.5, 0.6) is 0 Å². The minimum Gasteiger partial charge on any atom is -0.263 e. The van der Waals surface area contributed by atoms with E-state index in [1.54, 1.807) is 0 Å². The van der Waals surface area contributed by atoms with Crippen LogP contribution in [0.3, 0.4) is 0 Å². The minimum atomic E-state index is 0.298. The molecule has 19 heavy (non-hydrogen) atoms. The lowest BCUT2D eigenvalue weighted by molar-refractivity contribution is -0.0504. The fraction of sp³-hybridized carbons (Fsp3) is 0.750. The molecule has 0 amide bonds. The van der Waals surface area contributed by atoms with Gasteiger partial charge in [-0.05, 0) is 63.2 Å². The Bertz CT molecular complexity index is 514. The molecule has 4 saturated carbocycles. The Morgan fingerprint density at radius 3 is 2.37 bits per heavy atom. The van der Waals surface area contributed by atoms with Gasteiger partial charge < -0.3 is 0 Å². The van der Waals surface area contributed by atoms with E-state index < -0.39 is 0 Å². The molecule has 1 heterocycles. The third-order valence-electron chi connectivity index (χ3n) is 5.84. The Morgan fingerprint density at radius 2 is 1.84 bits per heavy atom. The van der Waals surface area contributed by atoms with Crippen molar-refractivity contribution in [3.63, 3.8) is 0 Å². The lowest BCUT2D eigenvalue weighted by atomic mass is 9.53. The van der Waals surface area contributed by atoms with Crippen LogP contribution in [0.4, 0.5) is 0 Å². The van der Waals surface area contributed by atoms with Gasteiger partial charge in [-0.2, -0.15) is 10.4 Å². The Labute approximate surface area is 114 Å². The molecule has 0 saturated heterocycles. The lowest BCUT2D eigenvalue weighted by Gasteiger charge is -2.57. The molecule has 1 aromatic heterocycles. The zero-order valence-electron chi connectivity index (χ0n) is 11.6. The normalized spacial score (nSPS) is 39.5. The number of nitrogens with zero attached hydrogens (tertiary/aromatic N) is 3. The van der Waals surface area contributed by atoms with Crippen molar-refractivity contribution in [3.05, 3.63) is 17.5 Å². The number of hydrogen-bond donors (Lipinski definition) is 0. The molecule has 3 nitrogen and oxygen atoms in total. The maximum absolute atomic E-state index is 8.90. The second-order valence-electron chi connectivity index (χ2n) is 7.14. The lowest BCUT2D eigenvalue weighted by Crippen LogP contribution is -2.52. The van der Waals surface area contributed by atoms with Crippen LogP contribution in [0.15, 0.2) is 6.20 Å². The summed E-state index contributed by atoms with van der Waals surface area (Å²) >= 11 is 0. The second kappa shape index (κ2) is 3.85. The second-order valence-corrected chi connectivity index (χ2v) is 7.14. The van der Waals surface area contributed by atoms with Gasteiger partial charge in [-0.25, -0.2) is 0 Å². The van der Waals surface area contributed by atoms with E-state index in [1.807, 2.05) is 6.20 Å². The molecule has 4 fully saturated rings. The van der Waals surface area contributed by atoms with Crippen molar-refractivity contribution < 1.29 is 0 Å². The van der Waals surface area contributed by atoms with E-state index in [1.165, 1.54) is 44.2 Å². The molecule has 100 valence electrons. The van der Waals surface area contributed by atoms with Gasteiger partial charge in [0.2, 0.25) is 0 Å². The third kappa shape index (κ3) is 1.59. The van der Waals surface area contributed by atoms with Crippen LogP contribution in [-0.4, -0.2) is 9.78 Å². The molecule has 4 aliphatic rings. The average molecular weight is 255 g/mol. The van der Waals surface area contributed by atoms with Crippen molar-refractivity contribution in [2.75, 3.05) is 0 Å². The first kappa shape index (κ1) is 11.5. The monoisotopic (exact) mass is 255 g/mol. The van der Waals surface area contributed by atoms with E-state index in [0.29, 0.717) is 12.0 Å². The van der Waals surface area contributed by atoms with E-state index in [9.17, 15) is 0 Å². The summed E-state index contributed by atoms with van der Waals surface area (Å²) in [5.74, 6) is 2.82. The molecule has 0 atom stereocenters. The number of rotatable bonds is 2. The Morgan fingerprint density at radius 1 is 1.26 bits per heavy atom. The summed E-state index contributed by atoms with van der Waals surface area (Å²) in [5.41, 5.74) is 2.66. The molecule has 0 N–H and O–H groups in total. The molecule has 3 heteroatoms. The topological polar surface area (TPSA) is 41.6 Å². The highest BCUT2D eigenvalue weighted by atomic mass is 15.3. The molecule has 4 bridgehead atoms. The average Bonchev–Trinajstić information content (AvgIpc) is 2.70.